The van der Waals surface area contributed by atoms with Gasteiger partial charge in [0.25, 0.3) is 0 Å². The first-order chi connectivity index (χ1) is 5.33. The van der Waals surface area contributed by atoms with Crippen LogP contribution in [0.1, 0.15) is 6.42 Å². The normalized spacial score (nSPS) is 37.5. The van der Waals surface area contributed by atoms with Crippen LogP contribution in [0.25, 0.3) is 0 Å². The summed E-state index contributed by atoms with van der Waals surface area (Å²) in [5, 5.41) is 18.4. The van der Waals surface area contributed by atoms with Gasteiger partial charge in [-0.2, -0.15) is 0 Å². The molecule has 0 aromatic heterocycles. The van der Waals surface area contributed by atoms with E-state index in [0.29, 0.717) is 0 Å². The molecule has 2 heterocycles. The van der Waals surface area contributed by atoms with Gasteiger partial charge in [0, 0.05) is 13.1 Å². The minimum absolute atomic E-state index is 0.0955. The average Bonchev–Trinajstić information content (AvgIpc) is 2.54. The van der Waals surface area contributed by atoms with Crippen LogP contribution in [0.2, 0.25) is 0 Å². The van der Waals surface area contributed by atoms with Crippen LogP contribution < -0.4 is 0 Å². The van der Waals surface area contributed by atoms with Crippen LogP contribution in [0.3, 0.4) is 0 Å². The zero-order valence-corrected chi connectivity index (χ0v) is 6.40. The third-order valence-electron chi connectivity index (χ3n) is 2.62. The number of hydrogen-bond acceptors (Lipinski definition) is 3. The van der Waals surface area contributed by atoms with Crippen LogP contribution in [-0.2, 0) is 0 Å². The van der Waals surface area contributed by atoms with Crippen molar-refractivity contribution < 1.29 is 10.2 Å². The molecule has 1 fully saturated rings. The Bertz CT molecular complexity index is 191. The van der Waals surface area contributed by atoms with Gasteiger partial charge in [0.1, 0.15) is 0 Å². The highest BCUT2D eigenvalue weighted by atomic mass is 16.3. The number of aliphatic hydroxyl groups is 2. The molecule has 0 saturated carbocycles. The Labute approximate surface area is 65.9 Å². The molecule has 2 aliphatic heterocycles. The first-order valence-corrected chi connectivity index (χ1v) is 4.05. The summed E-state index contributed by atoms with van der Waals surface area (Å²) in [7, 11) is 0. The van der Waals surface area contributed by atoms with Crippen molar-refractivity contribution >= 4 is 0 Å². The van der Waals surface area contributed by atoms with Crippen LogP contribution in [-0.4, -0.2) is 47.0 Å². The molecule has 0 spiro atoms. The van der Waals surface area contributed by atoms with E-state index in [4.69, 9.17) is 5.11 Å². The van der Waals surface area contributed by atoms with E-state index in [1.165, 1.54) is 0 Å². The number of hydrogen-bond donors (Lipinski definition) is 2. The maximum Gasteiger partial charge on any atom is 0.0746 e. The predicted octanol–water partition coefficient (Wildman–Crippen LogP) is -0.646. The minimum atomic E-state index is -0.254. The van der Waals surface area contributed by atoms with Gasteiger partial charge in [0.2, 0.25) is 0 Å². The molecule has 2 unspecified atom stereocenters. The molecular formula is C8H13NO2. The SMILES string of the molecule is OCC1=CCN2CCC(O)C12. The van der Waals surface area contributed by atoms with E-state index in [0.717, 1.165) is 25.1 Å². The second kappa shape index (κ2) is 2.59. The smallest absolute Gasteiger partial charge is 0.0746 e. The molecule has 2 atom stereocenters. The third-order valence-corrected chi connectivity index (χ3v) is 2.62. The summed E-state index contributed by atoms with van der Waals surface area (Å²) >= 11 is 0. The van der Waals surface area contributed by atoms with Crippen molar-refractivity contribution in [1.82, 2.24) is 4.90 Å². The molecule has 0 radical (unpaired) electrons. The number of nitrogens with zero attached hydrogens (tertiary/aromatic N) is 1. The summed E-state index contributed by atoms with van der Waals surface area (Å²) in [5.74, 6) is 0. The Hall–Kier alpha value is -0.380. The Balaban J connectivity index is 2.15. The molecule has 1 saturated heterocycles. The van der Waals surface area contributed by atoms with Gasteiger partial charge >= 0.3 is 0 Å². The lowest BCUT2D eigenvalue weighted by molar-refractivity contribution is 0.140. The van der Waals surface area contributed by atoms with Crippen molar-refractivity contribution in [1.29, 1.82) is 0 Å². The van der Waals surface area contributed by atoms with Gasteiger partial charge in [0.05, 0.1) is 18.8 Å². The van der Waals surface area contributed by atoms with Gasteiger partial charge in [-0.3, -0.25) is 4.90 Å². The highest BCUT2D eigenvalue weighted by molar-refractivity contribution is 5.22. The molecule has 62 valence electrons. The molecule has 0 aromatic rings. The fraction of sp³-hybridized carbons (Fsp3) is 0.750. The van der Waals surface area contributed by atoms with E-state index in [2.05, 4.69) is 4.90 Å². The minimum Gasteiger partial charge on any atom is -0.392 e. The molecule has 0 bridgehead atoms. The molecule has 2 rings (SSSR count). The van der Waals surface area contributed by atoms with Crippen LogP contribution in [0.4, 0.5) is 0 Å². The van der Waals surface area contributed by atoms with Gasteiger partial charge in [0.15, 0.2) is 0 Å². The Morgan fingerprint density at radius 1 is 1.64 bits per heavy atom. The van der Waals surface area contributed by atoms with Crippen molar-refractivity contribution in [3.05, 3.63) is 11.6 Å². The summed E-state index contributed by atoms with van der Waals surface area (Å²) in [5.41, 5.74) is 0.995. The topological polar surface area (TPSA) is 43.7 Å². The number of rotatable bonds is 1. The van der Waals surface area contributed by atoms with E-state index in [-0.39, 0.29) is 18.8 Å². The second-order valence-corrected chi connectivity index (χ2v) is 3.23. The van der Waals surface area contributed by atoms with Gasteiger partial charge < -0.3 is 10.2 Å². The lowest BCUT2D eigenvalue weighted by Gasteiger charge is -2.19. The summed E-state index contributed by atoms with van der Waals surface area (Å²) < 4.78 is 0. The zero-order chi connectivity index (χ0) is 7.84. The predicted molar refractivity (Wildman–Crippen MR) is 41.2 cm³/mol. The van der Waals surface area contributed by atoms with Crippen molar-refractivity contribution in [2.75, 3.05) is 19.7 Å². The van der Waals surface area contributed by atoms with E-state index in [1.54, 1.807) is 0 Å². The molecule has 3 heteroatoms. The molecular weight excluding hydrogens is 142 g/mol. The Morgan fingerprint density at radius 3 is 3.18 bits per heavy atom. The van der Waals surface area contributed by atoms with Crippen LogP contribution in [0.5, 0.6) is 0 Å². The zero-order valence-electron chi connectivity index (χ0n) is 6.40. The molecule has 3 nitrogen and oxygen atoms in total. The highest BCUT2D eigenvalue weighted by Crippen LogP contribution is 2.28. The number of aliphatic hydroxyl groups excluding tert-OH is 2. The molecule has 0 amide bonds. The standard InChI is InChI=1S/C8H13NO2/c10-5-6-1-3-9-4-2-7(11)8(6)9/h1,7-8,10-11H,2-5H2. The Kier molecular flexibility index (Phi) is 1.71. The third kappa shape index (κ3) is 1.00. The highest BCUT2D eigenvalue weighted by Gasteiger charge is 2.37. The molecule has 11 heavy (non-hydrogen) atoms. The van der Waals surface area contributed by atoms with Crippen molar-refractivity contribution in [3.63, 3.8) is 0 Å². The van der Waals surface area contributed by atoms with E-state index in [1.807, 2.05) is 6.08 Å². The summed E-state index contributed by atoms with van der Waals surface area (Å²) in [6, 6.07) is 0.125. The lowest BCUT2D eigenvalue weighted by Crippen LogP contribution is -2.32. The quantitative estimate of drug-likeness (QED) is 0.495. The first-order valence-electron chi connectivity index (χ1n) is 4.05. The number of fused-ring (bicyclic) bond motifs is 1. The summed E-state index contributed by atoms with van der Waals surface area (Å²) in [6.45, 7) is 1.96. The summed E-state index contributed by atoms with van der Waals surface area (Å²) in [4.78, 5) is 2.20. The molecule has 0 aromatic carbocycles. The summed E-state index contributed by atoms with van der Waals surface area (Å²) in [6.07, 6.45) is 2.62. The van der Waals surface area contributed by atoms with Crippen LogP contribution >= 0.6 is 0 Å². The molecule has 0 aliphatic carbocycles. The van der Waals surface area contributed by atoms with Crippen molar-refractivity contribution in [3.8, 4) is 0 Å². The van der Waals surface area contributed by atoms with E-state index < -0.39 is 0 Å². The van der Waals surface area contributed by atoms with Crippen molar-refractivity contribution in [2.24, 2.45) is 0 Å². The maximum atomic E-state index is 9.51. The lowest BCUT2D eigenvalue weighted by atomic mass is 10.1. The van der Waals surface area contributed by atoms with Gasteiger partial charge in [-0.1, -0.05) is 6.08 Å². The largest absolute Gasteiger partial charge is 0.392 e. The average molecular weight is 155 g/mol. The van der Waals surface area contributed by atoms with Crippen molar-refractivity contribution in [2.45, 2.75) is 18.6 Å². The Morgan fingerprint density at radius 2 is 2.45 bits per heavy atom. The van der Waals surface area contributed by atoms with Gasteiger partial charge in [-0.25, -0.2) is 0 Å². The van der Waals surface area contributed by atoms with Crippen LogP contribution in [0, 0.1) is 0 Å². The monoisotopic (exact) mass is 155 g/mol. The fourth-order valence-corrected chi connectivity index (χ4v) is 2.04. The molecule has 2 N–H and O–H groups in total. The van der Waals surface area contributed by atoms with Gasteiger partial charge in [-0.05, 0) is 12.0 Å². The van der Waals surface area contributed by atoms with E-state index in [9.17, 15) is 5.11 Å². The molecule has 2 aliphatic rings. The first kappa shape index (κ1) is 7.28. The second-order valence-electron chi connectivity index (χ2n) is 3.23. The van der Waals surface area contributed by atoms with Gasteiger partial charge in [-0.15, -0.1) is 0 Å². The van der Waals surface area contributed by atoms with Crippen LogP contribution in [0.15, 0.2) is 11.6 Å². The maximum absolute atomic E-state index is 9.51. The fourth-order valence-electron chi connectivity index (χ4n) is 2.04. The van der Waals surface area contributed by atoms with E-state index >= 15 is 0 Å².